The third-order valence-corrected chi connectivity index (χ3v) is 16.1. The minimum Gasteiger partial charge on any atom is -0.458 e. The number of hydrogen-bond donors (Lipinski definition) is 3. The molecule has 2 heterocycles. The van der Waals surface area contributed by atoms with E-state index in [1.165, 1.54) is 0 Å². The number of benzene rings is 7. The molecule has 2 aliphatic rings. The second kappa shape index (κ2) is 24.3. The molecule has 0 aromatic heterocycles. The van der Waals surface area contributed by atoms with Crippen LogP contribution in [0.25, 0.3) is 0 Å². The Kier molecular flexibility index (Phi) is 17.8. The van der Waals surface area contributed by atoms with Crippen molar-refractivity contribution >= 4 is 48.8 Å². The number of fused-ring (bicyclic) bond motifs is 4. The number of alkyl halides is 6. The van der Waals surface area contributed by atoms with Crippen LogP contribution in [0.4, 0.5) is 49.1 Å². The monoisotopic (exact) mass is 1130 g/mol. The summed E-state index contributed by atoms with van der Waals surface area (Å²) in [5.74, 6) is -1.61. The van der Waals surface area contributed by atoms with Crippen LogP contribution in [-0.2, 0) is 60.7 Å². The van der Waals surface area contributed by atoms with Gasteiger partial charge < -0.3 is 29.1 Å². The van der Waals surface area contributed by atoms with Crippen LogP contribution in [-0.4, -0.2) is 79.0 Å². The van der Waals surface area contributed by atoms with E-state index in [1.807, 2.05) is 137 Å². The SMILES string of the molecule is CC(C)(C(=O)O[C@@H](CNS(=O)(=O)c1ccc(OC(F)(F)F)cc1)CN1c2ccccc2CCc2ccccc21)c1ccccc1.O=S(=O)(NC[C@H](O)CN1c2ccccc2CCc2ccccc21)c1ccc(OC(F)(F)F)cc1. The van der Waals surface area contributed by atoms with Gasteiger partial charge >= 0.3 is 18.7 Å². The van der Waals surface area contributed by atoms with Crippen LogP contribution in [0, 0.1) is 0 Å². The van der Waals surface area contributed by atoms with Crippen LogP contribution in [0.1, 0.15) is 41.7 Å². The van der Waals surface area contributed by atoms with Crippen molar-refractivity contribution in [3.05, 3.63) is 204 Å². The van der Waals surface area contributed by atoms with Crippen molar-refractivity contribution in [1.29, 1.82) is 0 Å². The van der Waals surface area contributed by atoms with Crippen LogP contribution in [0.15, 0.2) is 186 Å². The highest BCUT2D eigenvalue weighted by molar-refractivity contribution is 7.89. The van der Waals surface area contributed by atoms with Gasteiger partial charge in [-0.3, -0.25) is 4.79 Å². The number of esters is 1. The highest BCUT2D eigenvalue weighted by atomic mass is 32.2. The van der Waals surface area contributed by atoms with Gasteiger partial charge in [0.1, 0.15) is 17.6 Å². The molecule has 2 atom stereocenters. The highest BCUT2D eigenvalue weighted by Gasteiger charge is 2.36. The average molecular weight is 1130 g/mol. The fourth-order valence-electron chi connectivity index (χ4n) is 9.24. The van der Waals surface area contributed by atoms with Crippen molar-refractivity contribution in [2.75, 3.05) is 36.0 Å². The van der Waals surface area contributed by atoms with E-state index in [-0.39, 0.29) is 36.0 Å². The fourth-order valence-corrected chi connectivity index (χ4v) is 11.4. The Morgan fingerprint density at radius 3 is 1.23 bits per heavy atom. The molecule has 21 heteroatoms. The molecule has 416 valence electrons. The smallest absolute Gasteiger partial charge is 0.458 e. The normalized spacial score (nSPS) is 14.3. The van der Waals surface area contributed by atoms with Gasteiger partial charge in [0.15, 0.2) is 0 Å². The maximum absolute atomic E-state index is 13.7. The van der Waals surface area contributed by atoms with E-state index >= 15 is 0 Å². The molecule has 0 bridgehead atoms. The number of hydrogen-bond acceptors (Lipinski definition) is 11. The molecular weight excluding hydrogens is 1070 g/mol. The van der Waals surface area contributed by atoms with Crippen molar-refractivity contribution in [1.82, 2.24) is 9.44 Å². The lowest BCUT2D eigenvalue weighted by molar-refractivity contribution is -0.275. The molecule has 2 aliphatic heterocycles. The summed E-state index contributed by atoms with van der Waals surface area (Å²) in [5, 5.41) is 10.7. The molecule has 0 amide bonds. The van der Waals surface area contributed by atoms with Crippen molar-refractivity contribution in [3.63, 3.8) is 0 Å². The molecule has 0 saturated carbocycles. The standard InChI is InChI=1S/C34H33F3N2O5S.C24H23F3N2O4S/c1-33(2,26-12-4-3-5-13-26)32(40)43-28(22-38-45(41,42)29-20-18-27(19-21-29)44-34(35,36)37)23-39-30-14-8-6-10-24(30)16-17-25-11-7-9-15-31(25)39;25-24(26,27)33-20-11-13-21(14-12-20)34(31,32)28-15-19(30)16-29-22-7-3-1-5-17(22)9-10-18-6-2-4-8-23(18)29/h3-15,18-21,28,38H,16-17,22-23H2,1-2H3;1-8,11-14,19,28,30H,9-10,15-16H2/t28-;19-/m00/s1. The Balaban J connectivity index is 0.000000216. The van der Waals surface area contributed by atoms with Crippen molar-refractivity contribution in [3.8, 4) is 11.5 Å². The Morgan fingerprint density at radius 1 is 0.506 bits per heavy atom. The van der Waals surface area contributed by atoms with Gasteiger partial charge in [0.05, 0.1) is 34.4 Å². The number of carbonyl (C=O) groups is 1. The van der Waals surface area contributed by atoms with E-state index in [9.17, 15) is 53.1 Å². The number of aryl methyl sites for hydroxylation is 4. The van der Waals surface area contributed by atoms with Crippen LogP contribution >= 0.6 is 0 Å². The first-order chi connectivity index (χ1) is 37.5. The Bertz CT molecular complexity index is 3350. The average Bonchev–Trinajstić information content (AvgIpc) is 3.76. The molecule has 79 heavy (non-hydrogen) atoms. The molecule has 0 unspecified atom stereocenters. The molecule has 3 N–H and O–H groups in total. The molecular formula is C58H56F6N4O9S2. The molecule has 0 fully saturated rings. The zero-order chi connectivity index (χ0) is 56.6. The third-order valence-electron chi connectivity index (χ3n) is 13.3. The maximum atomic E-state index is 13.7. The Labute approximate surface area is 454 Å². The number of para-hydroxylation sites is 4. The van der Waals surface area contributed by atoms with Crippen LogP contribution in [0.2, 0.25) is 0 Å². The number of sulfonamides is 2. The highest BCUT2D eigenvalue weighted by Crippen LogP contribution is 2.38. The summed E-state index contributed by atoms with van der Waals surface area (Å²) >= 11 is 0. The van der Waals surface area contributed by atoms with Crippen LogP contribution in [0.3, 0.4) is 0 Å². The van der Waals surface area contributed by atoms with Crippen molar-refractivity contribution < 1.29 is 67.3 Å². The quantitative estimate of drug-likeness (QED) is 0.0587. The summed E-state index contributed by atoms with van der Waals surface area (Å²) < 4.78 is 145. The first kappa shape index (κ1) is 57.7. The van der Waals surface area contributed by atoms with Crippen LogP contribution in [0.5, 0.6) is 11.5 Å². The number of aliphatic hydroxyl groups excluding tert-OH is 1. The first-order valence-corrected chi connectivity index (χ1v) is 27.9. The molecule has 0 saturated heterocycles. The number of halogens is 6. The van der Waals surface area contributed by atoms with E-state index in [0.717, 1.165) is 125 Å². The molecule has 0 spiro atoms. The molecule has 0 aliphatic carbocycles. The van der Waals surface area contributed by atoms with E-state index in [0.29, 0.717) is 0 Å². The van der Waals surface area contributed by atoms with Crippen LogP contribution < -0.4 is 28.7 Å². The van der Waals surface area contributed by atoms with Gasteiger partial charge in [0, 0.05) is 35.8 Å². The molecule has 7 aromatic rings. The zero-order valence-electron chi connectivity index (χ0n) is 42.7. The molecule has 0 radical (unpaired) electrons. The van der Waals surface area contributed by atoms with Gasteiger partial charge in [-0.05, 0) is 140 Å². The summed E-state index contributed by atoms with van der Waals surface area (Å²) in [6.45, 7) is 3.20. The zero-order valence-corrected chi connectivity index (χ0v) is 44.4. The van der Waals surface area contributed by atoms with E-state index in [2.05, 4.69) is 18.9 Å². The minimum absolute atomic E-state index is 0.130. The van der Waals surface area contributed by atoms with Gasteiger partial charge in [0.2, 0.25) is 20.0 Å². The number of anilines is 4. The topological polar surface area (TPSA) is 164 Å². The van der Waals surface area contributed by atoms with E-state index in [1.54, 1.807) is 13.8 Å². The first-order valence-electron chi connectivity index (χ1n) is 25.0. The minimum atomic E-state index is -4.91. The second-order valence-electron chi connectivity index (χ2n) is 19.2. The summed E-state index contributed by atoms with van der Waals surface area (Å²) in [7, 11) is -8.26. The number of nitrogens with one attached hydrogen (secondary N) is 2. The van der Waals surface area contributed by atoms with Gasteiger partial charge in [-0.25, -0.2) is 26.3 Å². The van der Waals surface area contributed by atoms with Crippen molar-refractivity contribution in [2.24, 2.45) is 0 Å². The summed E-state index contributed by atoms with van der Waals surface area (Å²) in [5.41, 5.74) is 7.92. The Hall–Kier alpha value is -7.43. The number of ether oxygens (including phenoxy) is 3. The lowest BCUT2D eigenvalue weighted by atomic mass is 9.85. The van der Waals surface area contributed by atoms with Crippen molar-refractivity contribution in [2.45, 2.75) is 79.7 Å². The van der Waals surface area contributed by atoms with E-state index in [4.69, 9.17) is 4.74 Å². The number of rotatable bonds is 17. The number of aliphatic hydroxyl groups is 1. The Morgan fingerprint density at radius 2 is 0.848 bits per heavy atom. The van der Waals surface area contributed by atoms with Gasteiger partial charge in [-0.15, -0.1) is 26.3 Å². The maximum Gasteiger partial charge on any atom is 0.573 e. The number of nitrogens with zero attached hydrogens (tertiary/aromatic N) is 2. The summed E-state index contributed by atoms with van der Waals surface area (Å²) in [4.78, 5) is 17.2. The third kappa shape index (κ3) is 15.0. The van der Waals surface area contributed by atoms with Gasteiger partial charge in [-0.2, -0.15) is 0 Å². The predicted molar refractivity (Wildman–Crippen MR) is 287 cm³/mol. The fraction of sp³-hybridized carbons (Fsp3) is 0.259. The number of β-amino-alcohol motifs (C(OH)–C–C–N with tert-alkyl or cyclic N) is 1. The number of carbonyl (C=O) groups excluding carboxylic acids is 1. The summed E-state index contributed by atoms with van der Waals surface area (Å²) in [6.07, 6.45) is -8.49. The molecule has 7 aromatic carbocycles. The lowest BCUT2D eigenvalue weighted by Crippen LogP contribution is -2.44. The molecule has 9 rings (SSSR count). The molecule has 13 nitrogen and oxygen atoms in total. The predicted octanol–water partition coefficient (Wildman–Crippen LogP) is 10.9. The van der Waals surface area contributed by atoms with Gasteiger partial charge in [-0.1, -0.05) is 103 Å². The summed E-state index contributed by atoms with van der Waals surface area (Å²) in [6, 6.07) is 48.5. The second-order valence-corrected chi connectivity index (χ2v) is 22.7. The van der Waals surface area contributed by atoms with Gasteiger partial charge in [0.25, 0.3) is 0 Å². The van der Waals surface area contributed by atoms with E-state index < -0.39 is 67.9 Å². The largest absolute Gasteiger partial charge is 0.573 e. The lowest BCUT2D eigenvalue weighted by Gasteiger charge is -2.33.